The molecule has 0 spiro atoms. The SMILES string of the molecule is O=S(=O)(NCCN1CCNCC1)c1ccn[nH]1. The molecule has 1 aromatic rings. The largest absolute Gasteiger partial charge is 0.314 e. The Kier molecular flexibility index (Phi) is 4.11. The van der Waals surface area contributed by atoms with Crippen molar-refractivity contribution >= 4 is 10.0 Å². The molecule has 2 rings (SSSR count). The molecule has 1 aromatic heterocycles. The predicted octanol–water partition coefficient (Wildman–Crippen LogP) is -1.41. The molecular weight excluding hydrogens is 242 g/mol. The zero-order valence-corrected chi connectivity index (χ0v) is 10.3. The molecule has 0 bridgehead atoms. The van der Waals surface area contributed by atoms with E-state index in [1.54, 1.807) is 0 Å². The highest BCUT2D eigenvalue weighted by molar-refractivity contribution is 7.89. The van der Waals surface area contributed by atoms with Crippen LogP contribution in [-0.4, -0.2) is 62.8 Å². The number of rotatable bonds is 5. The van der Waals surface area contributed by atoms with Crippen molar-refractivity contribution in [3.05, 3.63) is 12.3 Å². The molecule has 0 unspecified atom stereocenters. The summed E-state index contributed by atoms with van der Waals surface area (Å²) in [7, 11) is -3.43. The van der Waals surface area contributed by atoms with Crippen molar-refractivity contribution in [3.63, 3.8) is 0 Å². The van der Waals surface area contributed by atoms with Crippen molar-refractivity contribution in [2.24, 2.45) is 0 Å². The van der Waals surface area contributed by atoms with E-state index in [-0.39, 0.29) is 5.03 Å². The van der Waals surface area contributed by atoms with E-state index in [2.05, 4.69) is 25.1 Å². The molecule has 2 heterocycles. The van der Waals surface area contributed by atoms with Crippen molar-refractivity contribution in [2.75, 3.05) is 39.3 Å². The summed E-state index contributed by atoms with van der Waals surface area (Å²) in [5, 5.41) is 9.42. The first-order valence-electron chi connectivity index (χ1n) is 5.60. The quantitative estimate of drug-likeness (QED) is 0.604. The highest BCUT2D eigenvalue weighted by atomic mass is 32.2. The van der Waals surface area contributed by atoms with Crippen LogP contribution in [0.2, 0.25) is 0 Å². The second-order valence-corrected chi connectivity index (χ2v) is 5.65. The van der Waals surface area contributed by atoms with Crippen LogP contribution < -0.4 is 10.0 Å². The van der Waals surface area contributed by atoms with Crippen LogP contribution in [-0.2, 0) is 10.0 Å². The van der Waals surface area contributed by atoms with Crippen LogP contribution in [0.1, 0.15) is 0 Å². The van der Waals surface area contributed by atoms with Gasteiger partial charge >= 0.3 is 0 Å². The predicted molar refractivity (Wildman–Crippen MR) is 63.1 cm³/mol. The van der Waals surface area contributed by atoms with Gasteiger partial charge in [0.2, 0.25) is 0 Å². The van der Waals surface area contributed by atoms with Gasteiger partial charge in [-0.1, -0.05) is 0 Å². The third-order valence-corrected chi connectivity index (χ3v) is 4.08. The van der Waals surface area contributed by atoms with Gasteiger partial charge in [-0.15, -0.1) is 0 Å². The van der Waals surface area contributed by atoms with E-state index in [0.29, 0.717) is 6.54 Å². The molecular formula is C9H17N5O2S. The van der Waals surface area contributed by atoms with Gasteiger partial charge in [-0.3, -0.25) is 10.00 Å². The van der Waals surface area contributed by atoms with E-state index < -0.39 is 10.0 Å². The minimum atomic E-state index is -3.43. The zero-order chi connectivity index (χ0) is 12.1. The molecule has 1 saturated heterocycles. The fourth-order valence-electron chi connectivity index (χ4n) is 1.74. The van der Waals surface area contributed by atoms with Crippen molar-refractivity contribution in [1.29, 1.82) is 0 Å². The Morgan fingerprint density at radius 2 is 2.18 bits per heavy atom. The summed E-state index contributed by atoms with van der Waals surface area (Å²) in [5.74, 6) is 0. The fourth-order valence-corrected chi connectivity index (χ4v) is 2.67. The van der Waals surface area contributed by atoms with E-state index in [1.807, 2.05) is 0 Å². The summed E-state index contributed by atoms with van der Waals surface area (Å²) in [5.41, 5.74) is 0. The number of piperazine rings is 1. The Morgan fingerprint density at radius 3 is 2.82 bits per heavy atom. The Labute approximate surface area is 101 Å². The number of aromatic amines is 1. The van der Waals surface area contributed by atoms with E-state index >= 15 is 0 Å². The summed E-state index contributed by atoms with van der Waals surface area (Å²) in [6.45, 7) is 5.01. The Hall–Kier alpha value is -0.960. The van der Waals surface area contributed by atoms with Crippen LogP contribution in [0.5, 0.6) is 0 Å². The molecule has 0 aliphatic carbocycles. The summed E-state index contributed by atoms with van der Waals surface area (Å²) >= 11 is 0. The molecule has 0 saturated carbocycles. The first-order valence-corrected chi connectivity index (χ1v) is 7.09. The second kappa shape index (κ2) is 5.58. The molecule has 8 heteroatoms. The van der Waals surface area contributed by atoms with E-state index in [9.17, 15) is 8.42 Å². The molecule has 96 valence electrons. The van der Waals surface area contributed by atoms with Crippen LogP contribution in [0.15, 0.2) is 17.3 Å². The van der Waals surface area contributed by atoms with E-state index in [4.69, 9.17) is 0 Å². The standard InChI is InChI=1S/C9H17N5O2S/c15-17(16,9-1-2-11-13-9)12-5-8-14-6-3-10-4-7-14/h1-2,10,12H,3-8H2,(H,11,13). The highest BCUT2D eigenvalue weighted by Gasteiger charge is 2.15. The number of sulfonamides is 1. The van der Waals surface area contributed by atoms with Gasteiger partial charge in [0.15, 0.2) is 5.03 Å². The lowest BCUT2D eigenvalue weighted by Crippen LogP contribution is -2.46. The van der Waals surface area contributed by atoms with Gasteiger partial charge in [0, 0.05) is 39.3 Å². The number of hydrogen-bond acceptors (Lipinski definition) is 5. The maximum atomic E-state index is 11.7. The number of nitrogens with one attached hydrogen (secondary N) is 3. The van der Waals surface area contributed by atoms with Gasteiger partial charge in [-0.2, -0.15) is 5.10 Å². The summed E-state index contributed by atoms with van der Waals surface area (Å²) in [6.07, 6.45) is 1.42. The third kappa shape index (κ3) is 3.50. The molecule has 0 aromatic carbocycles. The lowest BCUT2D eigenvalue weighted by atomic mass is 10.3. The van der Waals surface area contributed by atoms with Crippen LogP contribution in [0.25, 0.3) is 0 Å². The average molecular weight is 259 g/mol. The fraction of sp³-hybridized carbons (Fsp3) is 0.667. The third-order valence-electron chi connectivity index (χ3n) is 2.69. The zero-order valence-electron chi connectivity index (χ0n) is 9.52. The maximum Gasteiger partial charge on any atom is 0.257 e. The molecule has 17 heavy (non-hydrogen) atoms. The molecule has 0 radical (unpaired) electrons. The Bertz CT molecular complexity index is 424. The van der Waals surface area contributed by atoms with Crippen molar-refractivity contribution in [2.45, 2.75) is 5.03 Å². The normalized spacial score (nSPS) is 18.4. The Morgan fingerprint density at radius 1 is 1.41 bits per heavy atom. The number of nitrogens with zero attached hydrogens (tertiary/aromatic N) is 2. The van der Waals surface area contributed by atoms with Gasteiger partial charge in [-0.25, -0.2) is 13.1 Å². The van der Waals surface area contributed by atoms with Gasteiger partial charge in [0.05, 0.1) is 6.20 Å². The molecule has 0 atom stereocenters. The van der Waals surface area contributed by atoms with Crippen molar-refractivity contribution in [3.8, 4) is 0 Å². The topological polar surface area (TPSA) is 90.1 Å². The van der Waals surface area contributed by atoms with Crippen LogP contribution in [0.3, 0.4) is 0 Å². The van der Waals surface area contributed by atoms with Gasteiger partial charge in [0.1, 0.15) is 0 Å². The smallest absolute Gasteiger partial charge is 0.257 e. The van der Waals surface area contributed by atoms with Crippen LogP contribution >= 0.6 is 0 Å². The monoisotopic (exact) mass is 259 g/mol. The molecule has 1 fully saturated rings. The maximum absolute atomic E-state index is 11.7. The first kappa shape index (κ1) is 12.5. The number of H-pyrrole nitrogens is 1. The molecule has 7 nitrogen and oxygen atoms in total. The van der Waals surface area contributed by atoms with Crippen molar-refractivity contribution < 1.29 is 8.42 Å². The van der Waals surface area contributed by atoms with Crippen molar-refractivity contribution in [1.82, 2.24) is 25.1 Å². The minimum Gasteiger partial charge on any atom is -0.314 e. The van der Waals surface area contributed by atoms with E-state index in [1.165, 1.54) is 12.3 Å². The number of aromatic nitrogens is 2. The average Bonchev–Trinajstić information content (AvgIpc) is 2.84. The highest BCUT2D eigenvalue weighted by Crippen LogP contribution is 2.01. The second-order valence-electron chi connectivity index (χ2n) is 3.91. The molecule has 1 aliphatic heterocycles. The summed E-state index contributed by atoms with van der Waals surface area (Å²) in [4.78, 5) is 2.23. The summed E-state index contributed by atoms with van der Waals surface area (Å²) in [6, 6.07) is 1.44. The Balaban J connectivity index is 1.78. The van der Waals surface area contributed by atoms with Gasteiger partial charge < -0.3 is 5.32 Å². The van der Waals surface area contributed by atoms with Gasteiger partial charge in [-0.05, 0) is 6.07 Å². The molecule has 1 aliphatic rings. The molecule has 3 N–H and O–H groups in total. The summed E-state index contributed by atoms with van der Waals surface area (Å²) < 4.78 is 26.0. The van der Waals surface area contributed by atoms with Crippen LogP contribution in [0.4, 0.5) is 0 Å². The molecule has 0 amide bonds. The first-order chi connectivity index (χ1) is 8.18. The minimum absolute atomic E-state index is 0.109. The number of hydrogen-bond donors (Lipinski definition) is 3. The van der Waals surface area contributed by atoms with E-state index in [0.717, 1.165) is 32.7 Å². The van der Waals surface area contributed by atoms with Crippen LogP contribution in [0, 0.1) is 0 Å². The van der Waals surface area contributed by atoms with Gasteiger partial charge in [0.25, 0.3) is 10.0 Å². The lowest BCUT2D eigenvalue weighted by Gasteiger charge is -2.26. The lowest BCUT2D eigenvalue weighted by molar-refractivity contribution is 0.245.